The van der Waals surface area contributed by atoms with Gasteiger partial charge in [0, 0.05) is 12.6 Å². The molecule has 7 heteroatoms. The molecule has 1 unspecified atom stereocenters. The summed E-state index contributed by atoms with van der Waals surface area (Å²) in [6, 6.07) is 3.91. The standard InChI is InChI=1S/C12H14N4O2S/c17-16(18)12-9(15-8-2-1-5-13-6-8)3-4-10-11(12)14-7-19-10/h3-4,7-8,13,15H,1-2,5-6H2. The number of thiazole rings is 1. The maximum atomic E-state index is 11.3. The number of fused-ring (bicyclic) bond motifs is 1. The number of rotatable bonds is 3. The minimum absolute atomic E-state index is 0.0873. The molecule has 3 rings (SSSR count). The Morgan fingerprint density at radius 1 is 1.53 bits per heavy atom. The van der Waals surface area contributed by atoms with E-state index in [9.17, 15) is 10.1 Å². The minimum Gasteiger partial charge on any atom is -0.375 e. The molecule has 1 aliphatic rings. The lowest BCUT2D eigenvalue weighted by molar-refractivity contribution is -0.382. The highest BCUT2D eigenvalue weighted by molar-refractivity contribution is 7.16. The Kier molecular flexibility index (Phi) is 3.31. The summed E-state index contributed by atoms with van der Waals surface area (Å²) < 4.78 is 0.846. The van der Waals surface area contributed by atoms with Crippen LogP contribution in [0, 0.1) is 10.1 Å². The van der Waals surface area contributed by atoms with Gasteiger partial charge in [0.05, 0.1) is 15.1 Å². The van der Waals surface area contributed by atoms with Crippen LogP contribution in [0.1, 0.15) is 12.8 Å². The number of nitro groups is 1. The van der Waals surface area contributed by atoms with Gasteiger partial charge in [0.1, 0.15) is 5.69 Å². The third kappa shape index (κ3) is 2.39. The van der Waals surface area contributed by atoms with E-state index in [1.165, 1.54) is 11.3 Å². The molecule has 2 aromatic rings. The first kappa shape index (κ1) is 12.3. The SMILES string of the molecule is O=[N+]([O-])c1c(NC2CCCNC2)ccc2scnc12. The molecule has 0 aliphatic carbocycles. The Labute approximate surface area is 114 Å². The van der Waals surface area contributed by atoms with Gasteiger partial charge in [-0.05, 0) is 31.5 Å². The van der Waals surface area contributed by atoms with Crippen LogP contribution >= 0.6 is 11.3 Å². The average Bonchev–Trinajstić information content (AvgIpc) is 2.87. The molecule has 0 saturated carbocycles. The van der Waals surface area contributed by atoms with Crippen molar-refractivity contribution in [2.75, 3.05) is 18.4 Å². The minimum atomic E-state index is -0.347. The number of piperidine rings is 1. The van der Waals surface area contributed by atoms with Crippen molar-refractivity contribution < 1.29 is 4.92 Å². The monoisotopic (exact) mass is 278 g/mol. The largest absolute Gasteiger partial charge is 0.375 e. The Bertz CT molecular complexity index is 607. The molecule has 2 heterocycles. The first-order chi connectivity index (χ1) is 9.25. The lowest BCUT2D eigenvalue weighted by Gasteiger charge is -2.24. The third-order valence-corrected chi connectivity index (χ3v) is 4.11. The second kappa shape index (κ2) is 5.10. The van der Waals surface area contributed by atoms with Gasteiger partial charge in [0.15, 0.2) is 5.52 Å². The Morgan fingerprint density at radius 2 is 2.42 bits per heavy atom. The van der Waals surface area contributed by atoms with E-state index in [4.69, 9.17) is 0 Å². The average molecular weight is 278 g/mol. The molecule has 1 aromatic carbocycles. The van der Waals surface area contributed by atoms with Crippen LogP contribution in [-0.4, -0.2) is 29.0 Å². The van der Waals surface area contributed by atoms with Crippen LogP contribution in [0.4, 0.5) is 11.4 Å². The molecule has 0 radical (unpaired) electrons. The number of anilines is 1. The summed E-state index contributed by atoms with van der Waals surface area (Å²) in [5, 5.41) is 17.9. The summed E-state index contributed by atoms with van der Waals surface area (Å²) in [6.07, 6.45) is 2.11. The van der Waals surface area contributed by atoms with E-state index < -0.39 is 0 Å². The van der Waals surface area contributed by atoms with Gasteiger partial charge in [-0.1, -0.05) is 0 Å². The normalized spacial score (nSPS) is 19.5. The van der Waals surface area contributed by atoms with Crippen molar-refractivity contribution in [1.82, 2.24) is 10.3 Å². The van der Waals surface area contributed by atoms with Crippen molar-refractivity contribution >= 4 is 32.9 Å². The van der Waals surface area contributed by atoms with Gasteiger partial charge in [-0.3, -0.25) is 10.1 Å². The molecule has 1 fully saturated rings. The third-order valence-electron chi connectivity index (χ3n) is 3.31. The topological polar surface area (TPSA) is 80.1 Å². The van der Waals surface area contributed by atoms with E-state index in [1.54, 1.807) is 11.6 Å². The number of hydrogen-bond donors (Lipinski definition) is 2. The summed E-state index contributed by atoms with van der Waals surface area (Å²) in [6.45, 7) is 1.86. The number of nitrogens with zero attached hydrogens (tertiary/aromatic N) is 2. The van der Waals surface area contributed by atoms with Gasteiger partial charge < -0.3 is 10.6 Å². The van der Waals surface area contributed by atoms with Crippen LogP contribution in [0.15, 0.2) is 17.6 Å². The zero-order chi connectivity index (χ0) is 13.2. The highest BCUT2D eigenvalue weighted by atomic mass is 32.1. The summed E-state index contributed by atoms with van der Waals surface area (Å²) in [5.41, 5.74) is 2.77. The second-order valence-electron chi connectivity index (χ2n) is 4.61. The lowest BCUT2D eigenvalue weighted by Crippen LogP contribution is -2.38. The number of aromatic nitrogens is 1. The van der Waals surface area contributed by atoms with Crippen LogP contribution in [0.2, 0.25) is 0 Å². The number of hydrogen-bond acceptors (Lipinski definition) is 6. The van der Waals surface area contributed by atoms with Crippen molar-refractivity contribution in [2.45, 2.75) is 18.9 Å². The Balaban J connectivity index is 1.97. The summed E-state index contributed by atoms with van der Waals surface area (Å²) >= 11 is 1.42. The lowest BCUT2D eigenvalue weighted by atomic mass is 10.1. The number of benzene rings is 1. The first-order valence-electron chi connectivity index (χ1n) is 6.23. The molecule has 100 valence electrons. The highest BCUT2D eigenvalue weighted by Gasteiger charge is 2.23. The molecule has 0 bridgehead atoms. The molecule has 19 heavy (non-hydrogen) atoms. The van der Waals surface area contributed by atoms with Gasteiger partial charge in [-0.25, -0.2) is 4.98 Å². The molecule has 1 aromatic heterocycles. The predicted octanol–water partition coefficient (Wildman–Crippen LogP) is 2.37. The van der Waals surface area contributed by atoms with Crippen LogP contribution in [0.3, 0.4) is 0 Å². The van der Waals surface area contributed by atoms with Crippen LogP contribution in [-0.2, 0) is 0 Å². The van der Waals surface area contributed by atoms with E-state index in [1.807, 2.05) is 6.07 Å². The van der Waals surface area contributed by atoms with Gasteiger partial charge in [-0.15, -0.1) is 11.3 Å². The van der Waals surface area contributed by atoms with Gasteiger partial charge in [0.25, 0.3) is 0 Å². The van der Waals surface area contributed by atoms with Crippen molar-refractivity contribution in [3.8, 4) is 0 Å². The molecular formula is C12H14N4O2S. The molecular weight excluding hydrogens is 264 g/mol. The number of nitrogens with one attached hydrogen (secondary N) is 2. The summed E-state index contributed by atoms with van der Waals surface area (Å²) in [4.78, 5) is 15.1. The fourth-order valence-electron chi connectivity index (χ4n) is 2.41. The van der Waals surface area contributed by atoms with Gasteiger partial charge in [0.2, 0.25) is 0 Å². The fourth-order valence-corrected chi connectivity index (χ4v) is 3.09. The molecule has 1 aliphatic heterocycles. The smallest absolute Gasteiger partial charge is 0.319 e. The van der Waals surface area contributed by atoms with Crippen molar-refractivity contribution in [1.29, 1.82) is 0 Å². The summed E-state index contributed by atoms with van der Waals surface area (Å²) in [5.74, 6) is 0. The molecule has 6 nitrogen and oxygen atoms in total. The quantitative estimate of drug-likeness (QED) is 0.665. The van der Waals surface area contributed by atoms with E-state index in [2.05, 4.69) is 15.6 Å². The number of nitro benzene ring substituents is 1. The van der Waals surface area contributed by atoms with E-state index >= 15 is 0 Å². The highest BCUT2D eigenvalue weighted by Crippen LogP contribution is 2.34. The second-order valence-corrected chi connectivity index (χ2v) is 5.49. The van der Waals surface area contributed by atoms with Crippen LogP contribution < -0.4 is 10.6 Å². The summed E-state index contributed by atoms with van der Waals surface area (Å²) in [7, 11) is 0. The van der Waals surface area contributed by atoms with Gasteiger partial charge in [-0.2, -0.15) is 0 Å². The Hall–Kier alpha value is -1.73. The zero-order valence-corrected chi connectivity index (χ0v) is 11.1. The predicted molar refractivity (Wildman–Crippen MR) is 75.8 cm³/mol. The maximum Gasteiger partial charge on any atom is 0.319 e. The van der Waals surface area contributed by atoms with Crippen molar-refractivity contribution in [3.05, 3.63) is 27.8 Å². The first-order valence-corrected chi connectivity index (χ1v) is 7.11. The molecule has 1 atom stereocenters. The fraction of sp³-hybridized carbons (Fsp3) is 0.417. The molecule has 0 amide bonds. The Morgan fingerprint density at radius 3 is 3.16 bits per heavy atom. The van der Waals surface area contributed by atoms with Gasteiger partial charge >= 0.3 is 5.69 Å². The maximum absolute atomic E-state index is 11.3. The van der Waals surface area contributed by atoms with E-state index in [0.717, 1.165) is 30.6 Å². The van der Waals surface area contributed by atoms with Crippen molar-refractivity contribution in [2.24, 2.45) is 0 Å². The molecule has 2 N–H and O–H groups in total. The zero-order valence-electron chi connectivity index (χ0n) is 10.3. The van der Waals surface area contributed by atoms with E-state index in [-0.39, 0.29) is 16.7 Å². The van der Waals surface area contributed by atoms with E-state index in [0.29, 0.717) is 11.2 Å². The molecule has 1 saturated heterocycles. The molecule has 0 spiro atoms. The van der Waals surface area contributed by atoms with Crippen molar-refractivity contribution in [3.63, 3.8) is 0 Å². The van der Waals surface area contributed by atoms with Crippen LogP contribution in [0.5, 0.6) is 0 Å². The van der Waals surface area contributed by atoms with Crippen LogP contribution in [0.25, 0.3) is 10.2 Å².